The molecule has 1 atom stereocenters. The molecule has 0 spiro atoms. The minimum atomic E-state index is -3.59. The number of para-hydroxylation sites is 1. The molecule has 144 valence electrons. The molecule has 3 rings (SSSR count). The molecule has 1 amide bonds. The fraction of sp³-hybridized carbons (Fsp3) is 0.316. The number of nitrogens with zero attached hydrogens (tertiary/aromatic N) is 1. The maximum atomic E-state index is 12.8. The maximum absolute atomic E-state index is 12.8. The Kier molecular flexibility index (Phi) is 6.42. The Balaban J connectivity index is 1.68. The summed E-state index contributed by atoms with van der Waals surface area (Å²) in [6.45, 7) is 0.578. The number of carbonyl (C=O) groups is 1. The molecule has 1 aliphatic rings. The summed E-state index contributed by atoms with van der Waals surface area (Å²) in [4.78, 5) is 12.5. The van der Waals surface area contributed by atoms with Gasteiger partial charge in [-0.1, -0.05) is 47.5 Å². The van der Waals surface area contributed by atoms with E-state index in [1.165, 1.54) is 10.4 Å². The first-order valence-corrected chi connectivity index (χ1v) is 11.0. The summed E-state index contributed by atoms with van der Waals surface area (Å²) >= 11 is 12.0. The number of sulfonamides is 1. The van der Waals surface area contributed by atoms with Gasteiger partial charge in [-0.05, 0) is 42.7 Å². The Morgan fingerprint density at radius 3 is 2.59 bits per heavy atom. The maximum Gasteiger partial charge on any atom is 0.228 e. The highest BCUT2D eigenvalue weighted by Crippen LogP contribution is 2.26. The van der Waals surface area contributed by atoms with E-state index in [1.54, 1.807) is 24.3 Å². The van der Waals surface area contributed by atoms with Crippen LogP contribution in [-0.2, 0) is 20.6 Å². The number of piperidine rings is 1. The van der Waals surface area contributed by atoms with Crippen molar-refractivity contribution in [1.82, 2.24) is 4.31 Å². The van der Waals surface area contributed by atoms with Gasteiger partial charge >= 0.3 is 0 Å². The molecule has 5 nitrogen and oxygen atoms in total. The third-order valence-corrected chi connectivity index (χ3v) is 6.92. The highest BCUT2D eigenvalue weighted by atomic mass is 35.5. The van der Waals surface area contributed by atoms with Crippen molar-refractivity contribution in [1.29, 1.82) is 0 Å². The second-order valence-electron chi connectivity index (χ2n) is 6.54. The second kappa shape index (κ2) is 8.61. The topological polar surface area (TPSA) is 66.5 Å². The van der Waals surface area contributed by atoms with E-state index in [4.69, 9.17) is 23.2 Å². The zero-order valence-corrected chi connectivity index (χ0v) is 16.9. The van der Waals surface area contributed by atoms with Crippen LogP contribution in [0.15, 0.2) is 48.5 Å². The van der Waals surface area contributed by atoms with E-state index in [0.29, 0.717) is 40.7 Å². The standard InChI is InChI=1S/C19H20Cl2N2O3S/c20-16-9-8-15(18(21)11-16)13-27(25,26)23-10-4-5-14(12-23)19(24)22-17-6-2-1-3-7-17/h1-3,6-9,11,14H,4-5,10,12-13H2,(H,22,24)/t14-/m0/s1. The molecule has 8 heteroatoms. The average molecular weight is 427 g/mol. The smallest absolute Gasteiger partial charge is 0.228 e. The highest BCUT2D eigenvalue weighted by molar-refractivity contribution is 7.88. The predicted octanol–water partition coefficient (Wildman–Crippen LogP) is 4.17. The minimum Gasteiger partial charge on any atom is -0.326 e. The Labute approximate surface area is 169 Å². The van der Waals surface area contributed by atoms with Gasteiger partial charge in [-0.2, -0.15) is 0 Å². The van der Waals surface area contributed by atoms with Gasteiger partial charge in [0.05, 0.1) is 11.7 Å². The molecule has 0 unspecified atom stereocenters. The van der Waals surface area contributed by atoms with E-state index in [1.807, 2.05) is 18.2 Å². The lowest BCUT2D eigenvalue weighted by Gasteiger charge is -2.31. The number of benzene rings is 2. The monoisotopic (exact) mass is 426 g/mol. The molecule has 1 N–H and O–H groups in total. The molecule has 2 aromatic rings. The van der Waals surface area contributed by atoms with Gasteiger partial charge in [0.15, 0.2) is 0 Å². The molecule has 0 aromatic heterocycles. The van der Waals surface area contributed by atoms with Gasteiger partial charge in [0.2, 0.25) is 15.9 Å². The van der Waals surface area contributed by atoms with E-state index in [2.05, 4.69) is 5.32 Å². The summed E-state index contributed by atoms with van der Waals surface area (Å²) in [6.07, 6.45) is 1.30. The van der Waals surface area contributed by atoms with E-state index < -0.39 is 10.0 Å². The van der Waals surface area contributed by atoms with Crippen molar-refractivity contribution in [3.63, 3.8) is 0 Å². The van der Waals surface area contributed by atoms with E-state index in [9.17, 15) is 13.2 Å². The molecule has 1 heterocycles. The van der Waals surface area contributed by atoms with Crippen LogP contribution in [0.4, 0.5) is 5.69 Å². The zero-order valence-electron chi connectivity index (χ0n) is 14.6. The fourth-order valence-electron chi connectivity index (χ4n) is 3.10. The van der Waals surface area contributed by atoms with Gasteiger partial charge in [0.25, 0.3) is 0 Å². The van der Waals surface area contributed by atoms with Gasteiger partial charge in [-0.25, -0.2) is 12.7 Å². The number of carbonyl (C=O) groups excluding carboxylic acids is 1. The van der Waals surface area contributed by atoms with Crippen molar-refractivity contribution in [3.8, 4) is 0 Å². The predicted molar refractivity (Wildman–Crippen MR) is 108 cm³/mol. The van der Waals surface area contributed by atoms with E-state index >= 15 is 0 Å². The van der Waals surface area contributed by atoms with Crippen molar-refractivity contribution < 1.29 is 13.2 Å². The molecule has 0 bridgehead atoms. The van der Waals surface area contributed by atoms with Crippen LogP contribution in [0, 0.1) is 5.92 Å². The Morgan fingerprint density at radius 1 is 1.15 bits per heavy atom. The lowest BCUT2D eigenvalue weighted by Crippen LogP contribution is -2.44. The van der Waals surface area contributed by atoms with Crippen LogP contribution >= 0.6 is 23.2 Å². The van der Waals surface area contributed by atoms with Crippen molar-refractivity contribution in [2.45, 2.75) is 18.6 Å². The van der Waals surface area contributed by atoms with Crippen LogP contribution in [0.1, 0.15) is 18.4 Å². The van der Waals surface area contributed by atoms with Gasteiger partial charge in [-0.3, -0.25) is 4.79 Å². The Hall–Kier alpha value is -1.60. The molecule has 0 radical (unpaired) electrons. The minimum absolute atomic E-state index is 0.161. The molecule has 1 saturated heterocycles. The summed E-state index contributed by atoms with van der Waals surface area (Å²) in [5.41, 5.74) is 1.20. The van der Waals surface area contributed by atoms with Gasteiger partial charge < -0.3 is 5.32 Å². The normalized spacial score (nSPS) is 18.2. The number of anilines is 1. The molecule has 1 aliphatic heterocycles. The lowest BCUT2D eigenvalue weighted by molar-refractivity contribution is -0.120. The SMILES string of the molecule is O=C(Nc1ccccc1)[C@H]1CCCN(S(=O)(=O)Cc2ccc(Cl)cc2Cl)C1. The van der Waals surface area contributed by atoms with Crippen molar-refractivity contribution >= 4 is 44.8 Å². The molecular formula is C19H20Cl2N2O3S. The van der Waals surface area contributed by atoms with Gasteiger partial charge in [0.1, 0.15) is 0 Å². The zero-order chi connectivity index (χ0) is 19.4. The van der Waals surface area contributed by atoms with Crippen molar-refractivity contribution in [2.75, 3.05) is 18.4 Å². The molecule has 1 fully saturated rings. The molecule has 0 aliphatic carbocycles. The van der Waals surface area contributed by atoms with Crippen LogP contribution in [0.25, 0.3) is 0 Å². The third-order valence-electron chi connectivity index (χ3n) is 4.54. The number of nitrogens with one attached hydrogen (secondary N) is 1. The molecular weight excluding hydrogens is 407 g/mol. The van der Waals surface area contributed by atoms with Crippen LogP contribution < -0.4 is 5.32 Å². The number of halogens is 2. The molecule has 0 saturated carbocycles. The number of hydrogen-bond donors (Lipinski definition) is 1. The average Bonchev–Trinajstić information content (AvgIpc) is 2.65. The van der Waals surface area contributed by atoms with Crippen molar-refractivity contribution in [2.24, 2.45) is 5.92 Å². The molecule has 2 aromatic carbocycles. The fourth-order valence-corrected chi connectivity index (χ4v) is 5.30. The number of hydrogen-bond acceptors (Lipinski definition) is 3. The summed E-state index contributed by atoms with van der Waals surface area (Å²) < 4.78 is 27.0. The van der Waals surface area contributed by atoms with Crippen LogP contribution in [0.3, 0.4) is 0 Å². The van der Waals surface area contributed by atoms with Crippen LogP contribution in [0.2, 0.25) is 10.0 Å². The summed E-state index contributed by atoms with van der Waals surface area (Å²) in [5, 5.41) is 3.63. The molecule has 27 heavy (non-hydrogen) atoms. The highest BCUT2D eigenvalue weighted by Gasteiger charge is 2.32. The van der Waals surface area contributed by atoms with Crippen LogP contribution in [-0.4, -0.2) is 31.7 Å². The van der Waals surface area contributed by atoms with Gasteiger partial charge in [0, 0.05) is 28.8 Å². The second-order valence-corrected chi connectivity index (χ2v) is 9.36. The first-order chi connectivity index (χ1) is 12.8. The van der Waals surface area contributed by atoms with E-state index in [-0.39, 0.29) is 24.1 Å². The quantitative estimate of drug-likeness (QED) is 0.779. The summed E-state index contributed by atoms with van der Waals surface area (Å²) in [6, 6.07) is 13.9. The lowest BCUT2D eigenvalue weighted by atomic mass is 9.99. The van der Waals surface area contributed by atoms with Gasteiger partial charge in [-0.15, -0.1) is 0 Å². The Bertz CT molecular complexity index is 920. The Morgan fingerprint density at radius 2 is 1.89 bits per heavy atom. The largest absolute Gasteiger partial charge is 0.326 e. The number of rotatable bonds is 5. The summed E-state index contributed by atoms with van der Waals surface area (Å²) in [7, 11) is -3.59. The first kappa shape index (κ1) is 20.1. The third kappa shape index (κ3) is 5.23. The first-order valence-electron chi connectivity index (χ1n) is 8.63. The van der Waals surface area contributed by atoms with E-state index in [0.717, 1.165) is 0 Å². The summed E-state index contributed by atoms with van der Waals surface area (Å²) in [5.74, 6) is -0.754. The number of amides is 1. The van der Waals surface area contributed by atoms with Crippen LogP contribution in [0.5, 0.6) is 0 Å². The van der Waals surface area contributed by atoms with Crippen molar-refractivity contribution in [3.05, 3.63) is 64.1 Å².